The topological polar surface area (TPSA) is 125 Å². The largest absolute Gasteiger partial charge is 0.391 e. The molecule has 1 spiro atoms. The molecule has 4 rings (SSSR count). The number of aliphatic hydroxyl groups is 1. The average Bonchev–Trinajstić information content (AvgIpc) is 3.17. The van der Waals surface area contributed by atoms with E-state index >= 15 is 0 Å². The number of nitrogens with zero attached hydrogens (tertiary/aromatic N) is 1. The van der Waals surface area contributed by atoms with Gasteiger partial charge in [0, 0.05) is 31.0 Å². The molecular weight excluding hydrogens is 372 g/mol. The summed E-state index contributed by atoms with van der Waals surface area (Å²) < 4.78 is 0. The van der Waals surface area contributed by atoms with Gasteiger partial charge < -0.3 is 26.4 Å². The first kappa shape index (κ1) is 19.7. The molecule has 0 aromatic heterocycles. The number of carbonyl (C=O) groups excluding carboxylic acids is 3. The molecular formula is C21H28N4O4. The molecule has 0 bridgehead atoms. The third-order valence-electron chi connectivity index (χ3n) is 6.94. The first-order valence-corrected chi connectivity index (χ1v) is 10.2. The summed E-state index contributed by atoms with van der Waals surface area (Å²) in [6, 6.07) is 9.19. The Kier molecular flexibility index (Phi) is 5.21. The summed E-state index contributed by atoms with van der Waals surface area (Å²) in [5, 5.41) is 16.3. The Morgan fingerprint density at radius 3 is 2.52 bits per heavy atom. The van der Waals surface area contributed by atoms with E-state index in [1.54, 1.807) is 4.90 Å². The first-order chi connectivity index (χ1) is 13.9. The van der Waals surface area contributed by atoms with Crippen LogP contribution in [0.2, 0.25) is 0 Å². The predicted octanol–water partition coefficient (Wildman–Crippen LogP) is 0.174. The fourth-order valence-electron chi connectivity index (χ4n) is 5.09. The zero-order chi connectivity index (χ0) is 20.6. The van der Waals surface area contributed by atoms with E-state index in [9.17, 15) is 19.5 Å². The lowest BCUT2D eigenvalue weighted by Crippen LogP contribution is -2.41. The zero-order valence-electron chi connectivity index (χ0n) is 16.3. The highest BCUT2D eigenvalue weighted by Crippen LogP contribution is 2.68. The number of likely N-dealkylation sites (tertiary alicyclic amines) is 1. The molecule has 29 heavy (non-hydrogen) atoms. The van der Waals surface area contributed by atoms with E-state index in [4.69, 9.17) is 5.73 Å². The van der Waals surface area contributed by atoms with Crippen LogP contribution in [0.3, 0.4) is 0 Å². The molecule has 8 heteroatoms. The van der Waals surface area contributed by atoms with Crippen molar-refractivity contribution in [1.29, 1.82) is 0 Å². The van der Waals surface area contributed by atoms with Gasteiger partial charge >= 0.3 is 6.03 Å². The van der Waals surface area contributed by atoms with Gasteiger partial charge in [0.2, 0.25) is 11.8 Å². The molecule has 8 nitrogen and oxygen atoms in total. The lowest BCUT2D eigenvalue weighted by molar-refractivity contribution is -0.129. The lowest BCUT2D eigenvalue weighted by Gasteiger charge is -2.24. The smallest absolute Gasteiger partial charge is 0.312 e. The molecule has 0 unspecified atom stereocenters. The maximum absolute atomic E-state index is 12.4. The number of benzene rings is 1. The number of nitrogens with two attached hydrogens (primary N) is 1. The molecule has 4 amide bonds. The minimum atomic E-state index is -0.752. The third-order valence-corrected chi connectivity index (χ3v) is 6.94. The fourth-order valence-corrected chi connectivity index (χ4v) is 5.09. The Hall–Kier alpha value is -2.61. The summed E-state index contributed by atoms with van der Waals surface area (Å²) in [7, 11) is 0. The van der Waals surface area contributed by atoms with Crippen molar-refractivity contribution in [3.63, 3.8) is 0 Å². The summed E-state index contributed by atoms with van der Waals surface area (Å²) in [6.07, 6.45) is 2.31. The molecule has 1 saturated heterocycles. The quantitative estimate of drug-likeness (QED) is 0.543. The van der Waals surface area contributed by atoms with Crippen LogP contribution in [-0.4, -0.2) is 60.1 Å². The summed E-state index contributed by atoms with van der Waals surface area (Å²) in [5.41, 5.74) is 5.69. The number of hydrogen-bond acceptors (Lipinski definition) is 4. The van der Waals surface area contributed by atoms with E-state index in [2.05, 4.69) is 10.6 Å². The van der Waals surface area contributed by atoms with Crippen molar-refractivity contribution in [2.24, 2.45) is 23.0 Å². The van der Waals surface area contributed by atoms with Crippen LogP contribution in [0, 0.1) is 17.3 Å². The van der Waals surface area contributed by atoms with Crippen LogP contribution >= 0.6 is 0 Å². The molecule has 0 radical (unpaired) electrons. The normalized spacial score (nSPS) is 30.7. The van der Waals surface area contributed by atoms with Gasteiger partial charge in [0.1, 0.15) is 0 Å². The molecule has 2 aliphatic carbocycles. The van der Waals surface area contributed by atoms with E-state index in [-0.39, 0.29) is 42.7 Å². The van der Waals surface area contributed by atoms with Crippen molar-refractivity contribution in [2.45, 2.75) is 31.3 Å². The van der Waals surface area contributed by atoms with E-state index in [0.29, 0.717) is 13.1 Å². The lowest BCUT2D eigenvalue weighted by atomic mass is 9.85. The zero-order valence-corrected chi connectivity index (χ0v) is 16.3. The fraction of sp³-hybridized carbons (Fsp3) is 0.571. The second-order valence-corrected chi connectivity index (χ2v) is 8.49. The number of primary amides is 1. The maximum atomic E-state index is 12.4. The van der Waals surface area contributed by atoms with Crippen molar-refractivity contribution in [3.05, 3.63) is 35.9 Å². The molecule has 156 valence electrons. The highest BCUT2D eigenvalue weighted by atomic mass is 16.3. The number of rotatable bonds is 6. The van der Waals surface area contributed by atoms with Crippen molar-refractivity contribution < 1.29 is 19.5 Å². The van der Waals surface area contributed by atoms with Crippen molar-refractivity contribution in [3.8, 4) is 0 Å². The summed E-state index contributed by atoms with van der Waals surface area (Å²) in [5.74, 6) is 0.0753. The molecule has 1 aromatic rings. The Morgan fingerprint density at radius 2 is 1.90 bits per heavy atom. The Balaban J connectivity index is 1.48. The number of aliphatic hydroxyl groups excluding tert-OH is 1. The van der Waals surface area contributed by atoms with Gasteiger partial charge in [-0.25, -0.2) is 4.79 Å². The van der Waals surface area contributed by atoms with E-state index in [0.717, 1.165) is 24.8 Å². The molecule has 5 N–H and O–H groups in total. The van der Waals surface area contributed by atoms with E-state index < -0.39 is 17.6 Å². The standard InChI is InChI=1S/C21H28N4O4/c22-20(29)24-10-17(27)25-11-16(26)21(12-25)15(9-23-19(28)14-7-4-8-14)18(21)13-5-2-1-3-6-13/h1-3,5-6,14-16,18,26H,4,7-12H2,(H,23,28)(H3,22,24,29)/t15-,16-,18-,21-/m1/s1. The van der Waals surface area contributed by atoms with Crippen LogP contribution in [0.5, 0.6) is 0 Å². The minimum absolute atomic E-state index is 0.0610. The summed E-state index contributed by atoms with van der Waals surface area (Å²) >= 11 is 0. The van der Waals surface area contributed by atoms with Gasteiger partial charge in [-0.05, 0) is 30.2 Å². The molecule has 3 fully saturated rings. The Morgan fingerprint density at radius 1 is 1.17 bits per heavy atom. The third kappa shape index (κ3) is 3.57. The number of hydrogen-bond donors (Lipinski definition) is 4. The van der Waals surface area contributed by atoms with Crippen LogP contribution in [0.25, 0.3) is 0 Å². The monoisotopic (exact) mass is 400 g/mol. The van der Waals surface area contributed by atoms with Crippen molar-refractivity contribution >= 4 is 17.8 Å². The highest BCUT2D eigenvalue weighted by Gasteiger charge is 2.71. The van der Waals surface area contributed by atoms with Crippen LogP contribution in [0.4, 0.5) is 4.79 Å². The second-order valence-electron chi connectivity index (χ2n) is 8.49. The summed E-state index contributed by atoms with van der Waals surface area (Å²) in [6.45, 7) is 0.928. The van der Waals surface area contributed by atoms with Gasteiger partial charge in [0.15, 0.2) is 0 Å². The molecule has 3 aliphatic rings. The molecule has 1 heterocycles. The maximum Gasteiger partial charge on any atom is 0.312 e. The van der Waals surface area contributed by atoms with E-state index in [1.165, 1.54) is 0 Å². The molecule has 1 aromatic carbocycles. The predicted molar refractivity (Wildman–Crippen MR) is 106 cm³/mol. The molecule has 1 aliphatic heterocycles. The van der Waals surface area contributed by atoms with Crippen LogP contribution in [0.15, 0.2) is 30.3 Å². The minimum Gasteiger partial charge on any atom is -0.391 e. The Bertz CT molecular complexity index is 797. The van der Waals surface area contributed by atoms with Crippen molar-refractivity contribution in [1.82, 2.24) is 15.5 Å². The molecule has 4 atom stereocenters. The second kappa shape index (κ2) is 7.67. The van der Waals surface area contributed by atoms with Crippen LogP contribution < -0.4 is 16.4 Å². The van der Waals surface area contributed by atoms with Gasteiger partial charge in [-0.2, -0.15) is 0 Å². The number of urea groups is 1. The van der Waals surface area contributed by atoms with Crippen LogP contribution in [-0.2, 0) is 9.59 Å². The van der Waals surface area contributed by atoms with Gasteiger partial charge in [-0.15, -0.1) is 0 Å². The number of carbonyl (C=O) groups is 3. The van der Waals surface area contributed by atoms with E-state index in [1.807, 2.05) is 30.3 Å². The van der Waals surface area contributed by atoms with Crippen molar-refractivity contribution in [2.75, 3.05) is 26.2 Å². The number of β-amino-alcohol motifs (C(OH)–C–C–N with tert-alkyl or cyclic N) is 1. The van der Waals surface area contributed by atoms with Gasteiger partial charge in [-0.1, -0.05) is 36.8 Å². The number of amides is 4. The average molecular weight is 400 g/mol. The van der Waals surface area contributed by atoms with Gasteiger partial charge in [-0.3, -0.25) is 9.59 Å². The summed E-state index contributed by atoms with van der Waals surface area (Å²) in [4.78, 5) is 37.2. The van der Waals surface area contributed by atoms with Crippen LogP contribution in [0.1, 0.15) is 30.7 Å². The number of nitrogens with one attached hydrogen (secondary N) is 2. The Labute approximate surface area is 169 Å². The molecule has 2 saturated carbocycles. The SMILES string of the molecule is NC(=O)NCC(=O)N1C[C@@H](O)[C@@]2(C1)[C@H](CNC(=O)C1CCC1)[C@H]2c1ccccc1. The first-order valence-electron chi connectivity index (χ1n) is 10.2. The van der Waals surface area contributed by atoms with Gasteiger partial charge in [0.25, 0.3) is 0 Å². The van der Waals surface area contributed by atoms with Gasteiger partial charge in [0.05, 0.1) is 12.6 Å². The highest BCUT2D eigenvalue weighted by molar-refractivity contribution is 5.84.